The van der Waals surface area contributed by atoms with Crippen molar-refractivity contribution in [3.63, 3.8) is 0 Å². The van der Waals surface area contributed by atoms with Crippen LogP contribution in [0.4, 0.5) is 4.39 Å². The number of nitrogens with one attached hydrogen (secondary N) is 1. The van der Waals surface area contributed by atoms with E-state index in [0.717, 1.165) is 25.7 Å². The lowest BCUT2D eigenvalue weighted by molar-refractivity contribution is -0.137. The molecule has 4 nitrogen and oxygen atoms in total. The van der Waals surface area contributed by atoms with Crippen LogP contribution in [0.1, 0.15) is 45.4 Å². The molecule has 1 saturated carbocycles. The summed E-state index contributed by atoms with van der Waals surface area (Å²) in [5.74, 6) is -1.37. The topological polar surface area (TPSA) is 49.4 Å². The average molecular weight is 282 g/mol. The largest absolute Gasteiger partial charge is 0.354 e. The monoisotopic (exact) mass is 282 g/mol. The zero-order chi connectivity index (χ0) is 14.5. The minimum atomic E-state index is -0.696. The van der Waals surface area contributed by atoms with Crippen LogP contribution in [0, 0.1) is 5.92 Å². The first kappa shape index (κ1) is 15.0. The minimum Gasteiger partial charge on any atom is -0.354 e. The molecule has 112 valence electrons. The molecule has 2 amide bonds. The van der Waals surface area contributed by atoms with Crippen molar-refractivity contribution >= 4 is 11.8 Å². The fourth-order valence-corrected chi connectivity index (χ4v) is 2.94. The second-order valence-corrected chi connectivity index (χ2v) is 5.73. The lowest BCUT2D eigenvalue weighted by atomic mass is 9.89. The van der Waals surface area contributed by atoms with Crippen molar-refractivity contribution < 1.29 is 14.0 Å². The predicted octanol–water partition coefficient (Wildman–Crippen LogP) is 2.16. The highest BCUT2D eigenvalue weighted by molar-refractivity contribution is 5.95. The third-order valence-electron chi connectivity index (χ3n) is 4.22. The van der Waals surface area contributed by atoms with E-state index in [0.29, 0.717) is 19.5 Å². The van der Waals surface area contributed by atoms with Crippen LogP contribution in [0.5, 0.6) is 0 Å². The summed E-state index contributed by atoms with van der Waals surface area (Å²) >= 11 is 0. The molecule has 0 aromatic heterocycles. The van der Waals surface area contributed by atoms with Gasteiger partial charge in [0.2, 0.25) is 5.91 Å². The first-order valence-corrected chi connectivity index (χ1v) is 7.55. The van der Waals surface area contributed by atoms with Gasteiger partial charge < -0.3 is 10.2 Å². The van der Waals surface area contributed by atoms with Gasteiger partial charge in [0.1, 0.15) is 6.04 Å². The normalized spacial score (nSPS) is 26.1. The number of carbonyl (C=O) groups is 2. The van der Waals surface area contributed by atoms with E-state index in [-0.39, 0.29) is 11.8 Å². The van der Waals surface area contributed by atoms with E-state index in [4.69, 9.17) is 0 Å². The standard InChI is InChI=1S/C15H23FN2O2/c1-11-14(19)17-8-5-9-18(11)15(20)13(16)10-12-6-3-2-4-7-12/h10-12H,2-9H2,1H3,(H,17,19). The Morgan fingerprint density at radius 1 is 1.30 bits per heavy atom. The van der Waals surface area contributed by atoms with Gasteiger partial charge in [0.05, 0.1) is 0 Å². The molecular weight excluding hydrogens is 259 g/mol. The molecule has 1 aliphatic heterocycles. The molecular formula is C15H23FN2O2. The maximum absolute atomic E-state index is 14.1. The Kier molecular flexibility index (Phi) is 5.15. The lowest BCUT2D eigenvalue weighted by Crippen LogP contribution is -2.45. The van der Waals surface area contributed by atoms with Crippen molar-refractivity contribution in [2.75, 3.05) is 13.1 Å². The van der Waals surface area contributed by atoms with Crippen LogP contribution in [-0.4, -0.2) is 35.8 Å². The lowest BCUT2D eigenvalue weighted by Gasteiger charge is -2.25. The second kappa shape index (κ2) is 6.86. The summed E-state index contributed by atoms with van der Waals surface area (Å²) in [6.07, 6.45) is 7.45. The SMILES string of the molecule is CC1C(=O)NCCCN1C(=O)C(F)=CC1CCCCC1. The molecule has 20 heavy (non-hydrogen) atoms. The molecule has 0 spiro atoms. The van der Waals surface area contributed by atoms with Crippen molar-refractivity contribution in [2.45, 2.75) is 51.5 Å². The van der Waals surface area contributed by atoms with Crippen molar-refractivity contribution in [1.29, 1.82) is 0 Å². The number of amides is 2. The van der Waals surface area contributed by atoms with E-state index in [9.17, 15) is 14.0 Å². The molecule has 1 unspecified atom stereocenters. The van der Waals surface area contributed by atoms with Gasteiger partial charge in [-0.25, -0.2) is 4.39 Å². The summed E-state index contributed by atoms with van der Waals surface area (Å²) in [6, 6.07) is -0.601. The molecule has 0 aromatic rings. The van der Waals surface area contributed by atoms with Gasteiger partial charge in [-0.1, -0.05) is 19.3 Å². The Morgan fingerprint density at radius 2 is 2.00 bits per heavy atom. The Labute approximate surface area is 119 Å². The van der Waals surface area contributed by atoms with Crippen LogP contribution in [0.2, 0.25) is 0 Å². The average Bonchev–Trinajstić information content (AvgIpc) is 2.62. The molecule has 0 bridgehead atoms. The van der Waals surface area contributed by atoms with E-state index in [1.165, 1.54) is 17.4 Å². The first-order chi connectivity index (χ1) is 9.59. The zero-order valence-electron chi connectivity index (χ0n) is 12.0. The van der Waals surface area contributed by atoms with Gasteiger partial charge in [-0.2, -0.15) is 0 Å². The molecule has 0 radical (unpaired) electrons. The number of rotatable bonds is 2. The van der Waals surface area contributed by atoms with Crippen LogP contribution in [0.25, 0.3) is 0 Å². The predicted molar refractivity (Wildman–Crippen MR) is 74.6 cm³/mol. The van der Waals surface area contributed by atoms with Crippen LogP contribution in [-0.2, 0) is 9.59 Å². The summed E-state index contributed by atoms with van der Waals surface area (Å²) in [5, 5.41) is 2.72. The fourth-order valence-electron chi connectivity index (χ4n) is 2.94. The maximum Gasteiger partial charge on any atom is 0.282 e. The molecule has 2 fully saturated rings. The van der Waals surface area contributed by atoms with Gasteiger partial charge >= 0.3 is 0 Å². The van der Waals surface area contributed by atoms with Crippen molar-refractivity contribution in [3.8, 4) is 0 Å². The van der Waals surface area contributed by atoms with Crippen LogP contribution in [0.3, 0.4) is 0 Å². The third kappa shape index (κ3) is 3.58. The first-order valence-electron chi connectivity index (χ1n) is 7.55. The van der Waals surface area contributed by atoms with Crippen molar-refractivity contribution in [1.82, 2.24) is 10.2 Å². The Hall–Kier alpha value is -1.39. The number of halogens is 1. The van der Waals surface area contributed by atoms with Gasteiger partial charge in [-0.3, -0.25) is 9.59 Å². The van der Waals surface area contributed by atoms with Gasteiger partial charge in [-0.05, 0) is 38.2 Å². The summed E-state index contributed by atoms with van der Waals surface area (Å²) in [6.45, 7) is 2.61. The molecule has 2 aliphatic rings. The van der Waals surface area contributed by atoms with Gasteiger partial charge in [0, 0.05) is 13.1 Å². The Bertz CT molecular complexity index is 403. The van der Waals surface area contributed by atoms with Gasteiger partial charge in [-0.15, -0.1) is 0 Å². The van der Waals surface area contributed by atoms with Crippen LogP contribution in [0.15, 0.2) is 11.9 Å². The van der Waals surface area contributed by atoms with Crippen molar-refractivity contribution in [3.05, 3.63) is 11.9 Å². The molecule has 1 saturated heterocycles. The molecule has 1 N–H and O–H groups in total. The molecule has 5 heteroatoms. The minimum absolute atomic E-state index is 0.170. The molecule has 1 aliphatic carbocycles. The highest BCUT2D eigenvalue weighted by Gasteiger charge is 2.30. The fraction of sp³-hybridized carbons (Fsp3) is 0.733. The Balaban J connectivity index is 2.04. The molecule has 0 aromatic carbocycles. The van der Waals surface area contributed by atoms with Gasteiger partial charge in [0.25, 0.3) is 5.91 Å². The molecule has 1 heterocycles. The zero-order valence-corrected chi connectivity index (χ0v) is 12.0. The number of nitrogens with zero attached hydrogens (tertiary/aromatic N) is 1. The Morgan fingerprint density at radius 3 is 2.70 bits per heavy atom. The highest BCUT2D eigenvalue weighted by Crippen LogP contribution is 2.26. The van der Waals surface area contributed by atoms with E-state index in [1.54, 1.807) is 6.92 Å². The highest BCUT2D eigenvalue weighted by atomic mass is 19.1. The van der Waals surface area contributed by atoms with E-state index >= 15 is 0 Å². The summed E-state index contributed by atoms with van der Waals surface area (Å²) < 4.78 is 14.1. The van der Waals surface area contributed by atoms with Crippen molar-refractivity contribution in [2.24, 2.45) is 5.92 Å². The van der Waals surface area contributed by atoms with E-state index in [2.05, 4.69) is 5.32 Å². The quantitative estimate of drug-likeness (QED) is 0.789. The number of hydrogen-bond acceptors (Lipinski definition) is 2. The molecule has 1 atom stereocenters. The van der Waals surface area contributed by atoms with Gasteiger partial charge in [0.15, 0.2) is 5.83 Å². The number of hydrogen-bond donors (Lipinski definition) is 1. The third-order valence-corrected chi connectivity index (χ3v) is 4.22. The summed E-state index contributed by atoms with van der Waals surface area (Å²) in [5.41, 5.74) is 0. The number of carbonyl (C=O) groups excluding carboxylic acids is 2. The van der Waals surface area contributed by atoms with Crippen LogP contribution >= 0.6 is 0 Å². The number of allylic oxidation sites excluding steroid dienone is 1. The summed E-state index contributed by atoms with van der Waals surface area (Å²) in [7, 11) is 0. The van der Waals surface area contributed by atoms with E-state index < -0.39 is 17.8 Å². The van der Waals surface area contributed by atoms with E-state index in [1.807, 2.05) is 0 Å². The van der Waals surface area contributed by atoms with Crippen LogP contribution < -0.4 is 5.32 Å². The smallest absolute Gasteiger partial charge is 0.282 e. The summed E-state index contributed by atoms with van der Waals surface area (Å²) in [4.78, 5) is 25.2. The second-order valence-electron chi connectivity index (χ2n) is 5.73. The molecule has 2 rings (SSSR count). The maximum atomic E-state index is 14.1.